The van der Waals surface area contributed by atoms with Gasteiger partial charge < -0.3 is 10.5 Å². The fourth-order valence-electron chi connectivity index (χ4n) is 3.00. The molecule has 0 unspecified atom stereocenters. The number of carbonyl (C=O) groups excluding carboxylic acids is 2. The number of imide groups is 1. The van der Waals surface area contributed by atoms with E-state index in [1.165, 1.54) is 16.7 Å². The molecular formula is C16H18N4O3. The molecule has 1 aliphatic rings. The van der Waals surface area contributed by atoms with Gasteiger partial charge in [-0.15, -0.1) is 0 Å². The van der Waals surface area contributed by atoms with E-state index in [2.05, 4.69) is 5.10 Å². The first-order valence-corrected chi connectivity index (χ1v) is 7.24. The van der Waals surface area contributed by atoms with Crippen molar-refractivity contribution in [3.8, 4) is 5.75 Å². The summed E-state index contributed by atoms with van der Waals surface area (Å²) in [6.45, 7) is 1.79. The number of benzene rings is 1. The molecular weight excluding hydrogens is 296 g/mol. The molecule has 0 bridgehead atoms. The highest BCUT2D eigenvalue weighted by atomic mass is 16.5. The molecule has 2 N–H and O–H groups in total. The van der Waals surface area contributed by atoms with Crippen LogP contribution in [0.2, 0.25) is 0 Å². The normalized spacial score (nSPS) is 17.9. The maximum atomic E-state index is 12.8. The van der Waals surface area contributed by atoms with Crippen LogP contribution in [0.5, 0.6) is 5.75 Å². The van der Waals surface area contributed by atoms with Crippen LogP contribution in [0, 0.1) is 6.92 Å². The number of anilines is 2. The highest BCUT2D eigenvalue weighted by Gasteiger charge is 2.42. The minimum absolute atomic E-state index is 0.0901. The molecule has 7 nitrogen and oxygen atoms in total. The molecule has 1 atom stereocenters. The van der Waals surface area contributed by atoms with E-state index < -0.39 is 5.92 Å². The van der Waals surface area contributed by atoms with E-state index in [9.17, 15) is 9.59 Å². The zero-order chi connectivity index (χ0) is 16.7. The van der Waals surface area contributed by atoms with Crippen LogP contribution >= 0.6 is 0 Å². The number of hydrogen-bond acceptors (Lipinski definition) is 5. The van der Waals surface area contributed by atoms with E-state index in [0.717, 1.165) is 0 Å². The maximum absolute atomic E-state index is 12.8. The lowest BCUT2D eigenvalue weighted by Gasteiger charge is -2.16. The van der Waals surface area contributed by atoms with Crippen molar-refractivity contribution in [3.05, 3.63) is 35.5 Å². The highest BCUT2D eigenvalue weighted by molar-refractivity contribution is 6.23. The van der Waals surface area contributed by atoms with E-state index in [1.54, 1.807) is 38.2 Å². The number of carbonyl (C=O) groups is 2. The molecule has 1 aliphatic heterocycles. The third kappa shape index (κ3) is 2.34. The summed E-state index contributed by atoms with van der Waals surface area (Å²) in [5.41, 5.74) is 7.83. The Balaban J connectivity index is 2.00. The van der Waals surface area contributed by atoms with E-state index in [4.69, 9.17) is 10.5 Å². The van der Waals surface area contributed by atoms with Gasteiger partial charge in [-0.05, 0) is 19.1 Å². The van der Waals surface area contributed by atoms with Crippen molar-refractivity contribution in [1.29, 1.82) is 0 Å². The number of nitrogens with zero attached hydrogens (tertiary/aromatic N) is 3. The molecule has 0 aliphatic carbocycles. The van der Waals surface area contributed by atoms with Gasteiger partial charge in [-0.3, -0.25) is 14.3 Å². The van der Waals surface area contributed by atoms with Crippen LogP contribution in [0.1, 0.15) is 23.6 Å². The topological polar surface area (TPSA) is 90.4 Å². The second-order valence-electron chi connectivity index (χ2n) is 5.53. The predicted octanol–water partition coefficient (Wildman–Crippen LogP) is 1.37. The first-order chi connectivity index (χ1) is 10.9. The third-order valence-corrected chi connectivity index (χ3v) is 4.12. The van der Waals surface area contributed by atoms with Crippen LogP contribution in [-0.4, -0.2) is 28.7 Å². The fraction of sp³-hybridized carbons (Fsp3) is 0.312. The smallest absolute Gasteiger partial charge is 0.242 e. The van der Waals surface area contributed by atoms with Gasteiger partial charge in [0.05, 0.1) is 24.4 Å². The van der Waals surface area contributed by atoms with Crippen molar-refractivity contribution >= 4 is 23.3 Å². The van der Waals surface area contributed by atoms with Crippen molar-refractivity contribution in [3.63, 3.8) is 0 Å². The molecule has 0 spiro atoms. The lowest BCUT2D eigenvalue weighted by atomic mass is 9.97. The zero-order valence-corrected chi connectivity index (χ0v) is 13.2. The van der Waals surface area contributed by atoms with Gasteiger partial charge in [0.25, 0.3) is 0 Å². The molecule has 0 radical (unpaired) electrons. The molecule has 1 saturated heterocycles. The second kappa shape index (κ2) is 5.42. The number of hydrogen-bond donors (Lipinski definition) is 1. The molecule has 1 fully saturated rings. The molecule has 2 heterocycles. The van der Waals surface area contributed by atoms with Gasteiger partial charge in [-0.2, -0.15) is 5.10 Å². The summed E-state index contributed by atoms with van der Waals surface area (Å²) in [5, 5.41) is 4.23. The van der Waals surface area contributed by atoms with Gasteiger partial charge >= 0.3 is 0 Å². The highest BCUT2D eigenvalue weighted by Crippen LogP contribution is 2.37. The first kappa shape index (κ1) is 15.1. The van der Waals surface area contributed by atoms with E-state index in [0.29, 0.717) is 28.5 Å². The summed E-state index contributed by atoms with van der Waals surface area (Å²) in [7, 11) is 3.25. The second-order valence-corrected chi connectivity index (χ2v) is 5.53. The lowest BCUT2D eigenvalue weighted by Crippen LogP contribution is -2.30. The van der Waals surface area contributed by atoms with Gasteiger partial charge in [-0.1, -0.05) is 6.07 Å². The van der Waals surface area contributed by atoms with Gasteiger partial charge in [0.2, 0.25) is 11.8 Å². The number of rotatable bonds is 3. The predicted molar refractivity (Wildman–Crippen MR) is 85.2 cm³/mol. The average Bonchev–Trinajstić information content (AvgIpc) is 2.95. The molecule has 1 aromatic carbocycles. The summed E-state index contributed by atoms with van der Waals surface area (Å²) >= 11 is 0. The number of nitrogens with two attached hydrogens (primary N) is 1. The molecule has 0 saturated carbocycles. The molecule has 120 valence electrons. The standard InChI is InChI=1S/C16H18N4O3/c1-9-14(15(17)19(2)18-9)12-8-13(21)20(16(12)22)10-5-4-6-11(7-10)23-3/h4-7,12H,8,17H2,1-3H3/t12-/m0/s1. The zero-order valence-electron chi connectivity index (χ0n) is 13.2. The summed E-state index contributed by atoms with van der Waals surface area (Å²) < 4.78 is 6.68. The summed E-state index contributed by atoms with van der Waals surface area (Å²) in [6.07, 6.45) is 0.0901. The Hall–Kier alpha value is -2.83. The van der Waals surface area contributed by atoms with Crippen molar-refractivity contribution in [2.45, 2.75) is 19.3 Å². The van der Waals surface area contributed by atoms with Crippen molar-refractivity contribution < 1.29 is 14.3 Å². The number of nitrogen functional groups attached to an aromatic ring is 1. The third-order valence-electron chi connectivity index (χ3n) is 4.12. The Labute approximate surface area is 133 Å². The van der Waals surface area contributed by atoms with Gasteiger partial charge in [0.1, 0.15) is 11.6 Å². The van der Waals surface area contributed by atoms with Crippen molar-refractivity contribution in [2.24, 2.45) is 7.05 Å². The van der Waals surface area contributed by atoms with Gasteiger partial charge in [0, 0.05) is 25.1 Å². The van der Waals surface area contributed by atoms with Crippen LogP contribution in [0.25, 0.3) is 0 Å². The van der Waals surface area contributed by atoms with Crippen LogP contribution in [0.4, 0.5) is 11.5 Å². The SMILES string of the molecule is COc1cccc(N2C(=O)C[C@@H](c3c(C)nn(C)c3N)C2=O)c1. The van der Waals surface area contributed by atoms with E-state index in [-0.39, 0.29) is 18.2 Å². The largest absolute Gasteiger partial charge is 0.497 e. The first-order valence-electron chi connectivity index (χ1n) is 7.24. The van der Waals surface area contributed by atoms with Crippen LogP contribution in [0.3, 0.4) is 0 Å². The Morgan fingerprint density at radius 1 is 1.35 bits per heavy atom. The summed E-state index contributed by atoms with van der Waals surface area (Å²) in [5.74, 6) is -0.130. The van der Waals surface area contributed by atoms with Crippen LogP contribution in [-0.2, 0) is 16.6 Å². The number of amides is 2. The van der Waals surface area contributed by atoms with Crippen molar-refractivity contribution in [2.75, 3.05) is 17.7 Å². The Kier molecular flexibility index (Phi) is 3.55. The molecule has 2 aromatic rings. The summed E-state index contributed by atoms with van der Waals surface area (Å²) in [4.78, 5) is 26.4. The molecule has 1 aromatic heterocycles. The maximum Gasteiger partial charge on any atom is 0.242 e. The molecule has 23 heavy (non-hydrogen) atoms. The number of methoxy groups -OCH3 is 1. The van der Waals surface area contributed by atoms with Gasteiger partial charge in [0.15, 0.2) is 0 Å². The van der Waals surface area contributed by atoms with Gasteiger partial charge in [-0.25, -0.2) is 4.90 Å². The minimum Gasteiger partial charge on any atom is -0.497 e. The number of ether oxygens (including phenoxy) is 1. The number of aromatic nitrogens is 2. The number of aryl methyl sites for hydroxylation is 2. The van der Waals surface area contributed by atoms with Crippen molar-refractivity contribution in [1.82, 2.24) is 9.78 Å². The average molecular weight is 314 g/mol. The monoisotopic (exact) mass is 314 g/mol. The lowest BCUT2D eigenvalue weighted by molar-refractivity contribution is -0.121. The Bertz CT molecular complexity index is 797. The molecule has 3 rings (SSSR count). The van der Waals surface area contributed by atoms with Crippen LogP contribution in [0.15, 0.2) is 24.3 Å². The quantitative estimate of drug-likeness (QED) is 0.864. The summed E-state index contributed by atoms with van der Waals surface area (Å²) in [6, 6.07) is 6.87. The Morgan fingerprint density at radius 2 is 2.09 bits per heavy atom. The van der Waals surface area contributed by atoms with E-state index >= 15 is 0 Å². The van der Waals surface area contributed by atoms with Crippen LogP contribution < -0.4 is 15.4 Å². The minimum atomic E-state index is -0.595. The van der Waals surface area contributed by atoms with E-state index in [1.807, 2.05) is 0 Å². The molecule has 7 heteroatoms. The fourth-order valence-corrected chi connectivity index (χ4v) is 3.00. The molecule has 2 amide bonds. The Morgan fingerprint density at radius 3 is 2.70 bits per heavy atom.